The Morgan fingerprint density at radius 2 is 0.766 bits per heavy atom. The van der Waals surface area contributed by atoms with Crippen LogP contribution in [0.2, 0.25) is 0 Å². The zero-order valence-corrected chi connectivity index (χ0v) is 34.9. The summed E-state index contributed by atoms with van der Waals surface area (Å²) in [4.78, 5) is 0. The van der Waals surface area contributed by atoms with Gasteiger partial charge < -0.3 is 8.98 Å². The van der Waals surface area contributed by atoms with Crippen LogP contribution in [0.1, 0.15) is 0 Å². The van der Waals surface area contributed by atoms with Crippen LogP contribution in [-0.2, 0) is 0 Å². The van der Waals surface area contributed by atoms with Gasteiger partial charge in [0.25, 0.3) is 0 Å². The molecule has 2 nitrogen and oxygen atoms in total. The van der Waals surface area contributed by atoms with Crippen LogP contribution in [0.5, 0.6) is 0 Å². The number of para-hydroxylation sites is 1. The predicted octanol–water partition coefficient (Wildman–Crippen LogP) is 17.3. The number of hydrogen-bond acceptors (Lipinski definition) is 1. The van der Waals surface area contributed by atoms with Crippen LogP contribution in [0.4, 0.5) is 0 Å². The van der Waals surface area contributed by atoms with E-state index >= 15 is 0 Å². The molecule has 0 fully saturated rings. The molecule has 0 saturated heterocycles. The van der Waals surface area contributed by atoms with Crippen molar-refractivity contribution < 1.29 is 4.42 Å². The molecule has 0 aliphatic rings. The van der Waals surface area contributed by atoms with Gasteiger partial charge in [0.05, 0.1) is 11.0 Å². The number of rotatable bonds is 6. The molecule has 0 amide bonds. The summed E-state index contributed by atoms with van der Waals surface area (Å²) in [6.45, 7) is 0. The van der Waals surface area contributed by atoms with E-state index in [-0.39, 0.29) is 0 Å². The lowest BCUT2D eigenvalue weighted by Crippen LogP contribution is -1.95. The number of furan rings is 1. The summed E-state index contributed by atoms with van der Waals surface area (Å²) in [5.74, 6) is 0. The van der Waals surface area contributed by atoms with Crippen molar-refractivity contribution in [2.75, 3.05) is 0 Å². The van der Waals surface area contributed by atoms with Crippen LogP contribution in [0.15, 0.2) is 241 Å². The predicted molar refractivity (Wildman–Crippen MR) is 270 cm³/mol. The van der Waals surface area contributed by atoms with E-state index in [1.165, 1.54) is 76.8 Å². The first-order valence-electron chi connectivity index (χ1n) is 22.0. The zero-order valence-electron chi connectivity index (χ0n) is 34.9. The Hall–Kier alpha value is -8.46. The highest BCUT2D eigenvalue weighted by Crippen LogP contribution is 2.46. The molecule has 2 heterocycles. The topological polar surface area (TPSA) is 18.1 Å². The van der Waals surface area contributed by atoms with Crippen molar-refractivity contribution in [3.05, 3.63) is 237 Å². The van der Waals surface area contributed by atoms with Gasteiger partial charge in [0.15, 0.2) is 0 Å². The molecule has 0 radical (unpaired) electrons. The first kappa shape index (κ1) is 36.2. The Labute approximate surface area is 370 Å². The molecule has 13 rings (SSSR count). The minimum Gasteiger partial charge on any atom is -0.455 e. The Morgan fingerprint density at radius 3 is 1.44 bits per heavy atom. The van der Waals surface area contributed by atoms with Crippen molar-refractivity contribution in [2.45, 2.75) is 0 Å². The van der Waals surface area contributed by atoms with E-state index in [0.717, 1.165) is 49.8 Å². The molecule has 0 bridgehead atoms. The molecular weight excluding hydrogens is 775 g/mol. The van der Waals surface area contributed by atoms with Crippen LogP contribution in [0.3, 0.4) is 0 Å². The molecule has 13 aromatic rings. The monoisotopic (exact) mass is 813 g/mol. The molecule has 0 aliphatic carbocycles. The first-order chi connectivity index (χ1) is 31.7. The molecule has 64 heavy (non-hydrogen) atoms. The Bertz CT molecular complexity index is 3880. The summed E-state index contributed by atoms with van der Waals surface area (Å²) in [6, 6.07) is 85.9. The molecule has 2 heteroatoms. The van der Waals surface area contributed by atoms with Crippen molar-refractivity contribution >= 4 is 65.3 Å². The summed E-state index contributed by atoms with van der Waals surface area (Å²) >= 11 is 0. The molecule has 0 unspecified atom stereocenters. The van der Waals surface area contributed by atoms with E-state index in [9.17, 15) is 0 Å². The standard InChI is InChI=1S/C62H39NO/c1-4-17-40(18-5-1)43-32-34-59-55(36-43)56-39-46(41-19-6-2-7-20-41)38-53(62(56)64-59)44-31-33-58-54(37-44)48-25-14-15-30-57(48)63(58)47-24-16-23-45(35-47)61-51-28-12-10-26-49(51)60(42-21-8-3-9-22-42)50-27-11-13-29-52(50)61/h1-39H. The highest BCUT2D eigenvalue weighted by molar-refractivity contribution is 6.22. The maximum Gasteiger partial charge on any atom is 0.143 e. The van der Waals surface area contributed by atoms with E-state index in [4.69, 9.17) is 4.42 Å². The fourth-order valence-corrected chi connectivity index (χ4v) is 10.3. The van der Waals surface area contributed by atoms with E-state index in [1.807, 2.05) is 0 Å². The van der Waals surface area contributed by atoms with Crippen LogP contribution in [0, 0.1) is 0 Å². The van der Waals surface area contributed by atoms with Gasteiger partial charge in [-0.2, -0.15) is 0 Å². The molecule has 298 valence electrons. The fourth-order valence-electron chi connectivity index (χ4n) is 10.3. The second-order valence-corrected chi connectivity index (χ2v) is 16.8. The maximum atomic E-state index is 6.84. The average molecular weight is 814 g/mol. The second kappa shape index (κ2) is 14.6. The van der Waals surface area contributed by atoms with E-state index < -0.39 is 0 Å². The van der Waals surface area contributed by atoms with Gasteiger partial charge >= 0.3 is 0 Å². The van der Waals surface area contributed by atoms with Crippen molar-refractivity contribution in [3.8, 4) is 61.3 Å². The van der Waals surface area contributed by atoms with E-state index in [1.54, 1.807) is 0 Å². The molecular formula is C62H39NO. The highest BCUT2D eigenvalue weighted by atomic mass is 16.3. The summed E-state index contributed by atoms with van der Waals surface area (Å²) < 4.78 is 9.27. The minimum absolute atomic E-state index is 0.883. The third-order valence-electron chi connectivity index (χ3n) is 13.2. The van der Waals surface area contributed by atoms with Crippen LogP contribution < -0.4 is 0 Å². The van der Waals surface area contributed by atoms with Gasteiger partial charge in [0, 0.05) is 32.8 Å². The summed E-state index contributed by atoms with van der Waals surface area (Å²) in [6.07, 6.45) is 0. The van der Waals surface area contributed by atoms with Crippen molar-refractivity contribution in [2.24, 2.45) is 0 Å². The third-order valence-corrected chi connectivity index (χ3v) is 13.2. The highest BCUT2D eigenvalue weighted by Gasteiger charge is 2.21. The molecule has 0 saturated carbocycles. The van der Waals surface area contributed by atoms with Gasteiger partial charge in [-0.25, -0.2) is 0 Å². The summed E-state index contributed by atoms with van der Waals surface area (Å²) in [5.41, 5.74) is 17.1. The molecule has 0 atom stereocenters. The summed E-state index contributed by atoms with van der Waals surface area (Å²) in [5, 5.41) is 9.63. The minimum atomic E-state index is 0.883. The molecule has 2 aromatic heterocycles. The molecule has 0 aliphatic heterocycles. The van der Waals surface area contributed by atoms with E-state index in [0.29, 0.717) is 0 Å². The van der Waals surface area contributed by atoms with Crippen LogP contribution in [-0.4, -0.2) is 4.57 Å². The zero-order chi connectivity index (χ0) is 42.1. The van der Waals surface area contributed by atoms with Crippen LogP contribution in [0.25, 0.3) is 127 Å². The normalized spacial score (nSPS) is 11.8. The van der Waals surface area contributed by atoms with Gasteiger partial charge in [-0.05, 0) is 126 Å². The number of aromatic nitrogens is 1. The lowest BCUT2D eigenvalue weighted by atomic mass is 9.86. The third kappa shape index (κ3) is 5.73. The summed E-state index contributed by atoms with van der Waals surface area (Å²) in [7, 11) is 0. The average Bonchev–Trinajstić information content (AvgIpc) is 3.91. The fraction of sp³-hybridized carbons (Fsp3) is 0. The number of nitrogens with zero attached hydrogens (tertiary/aromatic N) is 1. The first-order valence-corrected chi connectivity index (χ1v) is 22.0. The van der Waals surface area contributed by atoms with Gasteiger partial charge in [-0.15, -0.1) is 0 Å². The van der Waals surface area contributed by atoms with Crippen molar-refractivity contribution in [1.29, 1.82) is 0 Å². The smallest absolute Gasteiger partial charge is 0.143 e. The van der Waals surface area contributed by atoms with Gasteiger partial charge in [0.1, 0.15) is 11.2 Å². The maximum absolute atomic E-state index is 6.84. The number of benzene rings is 11. The molecule has 11 aromatic carbocycles. The van der Waals surface area contributed by atoms with Gasteiger partial charge in [-0.1, -0.05) is 182 Å². The quantitative estimate of drug-likeness (QED) is 0.153. The Kier molecular flexibility index (Phi) is 8.25. The number of fused-ring (bicyclic) bond motifs is 8. The lowest BCUT2D eigenvalue weighted by Gasteiger charge is -2.18. The Morgan fingerprint density at radius 1 is 0.266 bits per heavy atom. The molecule has 0 N–H and O–H groups in total. The van der Waals surface area contributed by atoms with Gasteiger partial charge in [-0.3, -0.25) is 0 Å². The van der Waals surface area contributed by atoms with Gasteiger partial charge in [0.2, 0.25) is 0 Å². The van der Waals surface area contributed by atoms with Crippen LogP contribution >= 0.6 is 0 Å². The number of hydrogen-bond donors (Lipinski definition) is 0. The van der Waals surface area contributed by atoms with Crippen molar-refractivity contribution in [1.82, 2.24) is 4.57 Å². The second-order valence-electron chi connectivity index (χ2n) is 16.8. The molecule has 0 spiro atoms. The lowest BCUT2D eigenvalue weighted by molar-refractivity contribution is 0.670. The van der Waals surface area contributed by atoms with E-state index in [2.05, 4.69) is 241 Å². The van der Waals surface area contributed by atoms with Crippen molar-refractivity contribution in [3.63, 3.8) is 0 Å². The Balaban J connectivity index is 1.01. The SMILES string of the molecule is c1ccc(-c2ccc3oc4c(-c5ccc6c(c5)c5ccccc5n6-c5cccc(-c6c7ccccc7c(-c7ccccc7)c7ccccc67)c5)cc(-c5ccccc5)cc4c3c2)cc1. The largest absolute Gasteiger partial charge is 0.455 e.